The number of fused-ring (bicyclic) bond motifs is 2. The number of nitrogens with one attached hydrogen (secondary N) is 1. The highest BCUT2D eigenvalue weighted by Crippen LogP contribution is 2.35. The second kappa shape index (κ2) is 8.10. The van der Waals surface area contributed by atoms with Gasteiger partial charge in [0.25, 0.3) is 5.91 Å². The fourth-order valence-corrected chi connectivity index (χ4v) is 3.04. The third-order valence-corrected chi connectivity index (χ3v) is 4.47. The van der Waals surface area contributed by atoms with Gasteiger partial charge in [-0.05, 0) is 42.0 Å². The van der Waals surface area contributed by atoms with Crippen LogP contribution in [0.5, 0.6) is 23.0 Å². The molecule has 148 valence electrons. The summed E-state index contributed by atoms with van der Waals surface area (Å²) in [6, 6.07) is 16.6. The minimum Gasteiger partial charge on any atom is -0.504 e. The average molecular weight is 392 g/mol. The van der Waals surface area contributed by atoms with Gasteiger partial charge in [-0.25, -0.2) is 5.43 Å². The van der Waals surface area contributed by atoms with Crippen LogP contribution in [0.15, 0.2) is 59.7 Å². The third-order valence-electron chi connectivity index (χ3n) is 4.47. The van der Waals surface area contributed by atoms with Crippen molar-refractivity contribution in [1.82, 2.24) is 5.43 Å². The van der Waals surface area contributed by atoms with Crippen LogP contribution in [0.2, 0.25) is 0 Å². The van der Waals surface area contributed by atoms with E-state index in [1.807, 2.05) is 43.3 Å². The molecule has 0 fully saturated rings. The SMILES string of the molecule is CCOc1cccc(/C=N\NC(=O)C2COc3cc4ccccc4cc3O2)c1O. The van der Waals surface area contributed by atoms with Gasteiger partial charge in [0, 0.05) is 5.56 Å². The third kappa shape index (κ3) is 3.94. The molecule has 1 unspecified atom stereocenters. The molecule has 0 spiro atoms. The zero-order chi connectivity index (χ0) is 20.2. The van der Waals surface area contributed by atoms with Crippen molar-refractivity contribution in [2.45, 2.75) is 13.0 Å². The number of phenolic OH excluding ortho intramolecular Hbond substituents is 1. The van der Waals surface area contributed by atoms with Gasteiger partial charge in [0.2, 0.25) is 6.10 Å². The molecule has 0 saturated heterocycles. The minimum atomic E-state index is -0.829. The van der Waals surface area contributed by atoms with Crippen molar-refractivity contribution in [1.29, 1.82) is 0 Å². The number of para-hydroxylation sites is 1. The maximum Gasteiger partial charge on any atom is 0.284 e. The van der Waals surface area contributed by atoms with E-state index in [1.165, 1.54) is 6.21 Å². The van der Waals surface area contributed by atoms with Crippen molar-refractivity contribution >= 4 is 22.9 Å². The average Bonchev–Trinajstić information content (AvgIpc) is 2.74. The van der Waals surface area contributed by atoms with Crippen molar-refractivity contribution in [2.75, 3.05) is 13.2 Å². The number of hydrogen-bond acceptors (Lipinski definition) is 6. The van der Waals surface area contributed by atoms with E-state index >= 15 is 0 Å². The summed E-state index contributed by atoms with van der Waals surface area (Å²) in [6.45, 7) is 2.34. The molecule has 4 rings (SSSR count). The number of ether oxygens (including phenoxy) is 3. The summed E-state index contributed by atoms with van der Waals surface area (Å²) in [5, 5.41) is 16.1. The molecule has 29 heavy (non-hydrogen) atoms. The Bertz CT molecular complexity index is 1080. The molecule has 3 aromatic carbocycles. The Morgan fingerprint density at radius 1 is 1.21 bits per heavy atom. The number of benzene rings is 3. The summed E-state index contributed by atoms with van der Waals surface area (Å²) in [4.78, 5) is 12.4. The molecule has 0 radical (unpaired) electrons. The van der Waals surface area contributed by atoms with Gasteiger partial charge in [-0.15, -0.1) is 0 Å². The number of hydrogen-bond donors (Lipinski definition) is 2. The molecule has 1 heterocycles. The summed E-state index contributed by atoms with van der Waals surface area (Å²) in [5.74, 6) is 0.997. The van der Waals surface area contributed by atoms with Gasteiger partial charge in [0.15, 0.2) is 23.0 Å². The molecule has 0 bridgehead atoms. The molecule has 7 heteroatoms. The quantitative estimate of drug-likeness (QED) is 0.514. The summed E-state index contributed by atoms with van der Waals surface area (Å²) in [6.07, 6.45) is 0.519. The van der Waals surface area contributed by atoms with Gasteiger partial charge in [-0.3, -0.25) is 4.79 Å². The first-order valence-electron chi connectivity index (χ1n) is 9.25. The normalized spacial score (nSPS) is 15.4. The summed E-state index contributed by atoms with van der Waals surface area (Å²) < 4.78 is 16.8. The number of carbonyl (C=O) groups is 1. The van der Waals surface area contributed by atoms with Crippen LogP contribution in [0.4, 0.5) is 0 Å². The van der Waals surface area contributed by atoms with E-state index in [-0.39, 0.29) is 12.4 Å². The molecule has 1 aliphatic heterocycles. The first-order chi connectivity index (χ1) is 14.2. The highest BCUT2D eigenvalue weighted by atomic mass is 16.6. The molecular formula is C22H20N2O5. The smallest absolute Gasteiger partial charge is 0.284 e. The van der Waals surface area contributed by atoms with Crippen LogP contribution < -0.4 is 19.6 Å². The largest absolute Gasteiger partial charge is 0.504 e. The lowest BCUT2D eigenvalue weighted by molar-refractivity contribution is -0.130. The highest BCUT2D eigenvalue weighted by molar-refractivity contribution is 5.89. The lowest BCUT2D eigenvalue weighted by Gasteiger charge is -2.25. The molecule has 1 amide bonds. The molecule has 2 N–H and O–H groups in total. The number of nitrogens with zero attached hydrogens (tertiary/aromatic N) is 1. The van der Waals surface area contributed by atoms with Gasteiger partial charge < -0.3 is 19.3 Å². The second-order valence-electron chi connectivity index (χ2n) is 6.42. The van der Waals surface area contributed by atoms with Crippen LogP contribution in [0, 0.1) is 0 Å². The Kier molecular flexibility index (Phi) is 5.20. The minimum absolute atomic E-state index is 0.0367. The van der Waals surface area contributed by atoms with E-state index < -0.39 is 12.0 Å². The van der Waals surface area contributed by atoms with E-state index in [0.717, 1.165) is 10.8 Å². The Hall–Kier alpha value is -3.74. The summed E-state index contributed by atoms with van der Waals surface area (Å²) in [7, 11) is 0. The summed E-state index contributed by atoms with van der Waals surface area (Å²) in [5.41, 5.74) is 2.85. The van der Waals surface area contributed by atoms with Crippen molar-refractivity contribution in [3.05, 3.63) is 60.2 Å². The molecule has 7 nitrogen and oxygen atoms in total. The fourth-order valence-electron chi connectivity index (χ4n) is 3.04. The maximum absolute atomic E-state index is 12.4. The number of amides is 1. The first kappa shape index (κ1) is 18.6. The number of rotatable bonds is 5. The molecule has 1 aliphatic rings. The predicted molar refractivity (Wildman–Crippen MR) is 109 cm³/mol. The van der Waals surface area contributed by atoms with Crippen molar-refractivity contribution in [2.24, 2.45) is 5.10 Å². The molecule has 0 aromatic heterocycles. The highest BCUT2D eigenvalue weighted by Gasteiger charge is 2.27. The number of aromatic hydroxyl groups is 1. The molecular weight excluding hydrogens is 372 g/mol. The van der Waals surface area contributed by atoms with Gasteiger partial charge in [0.05, 0.1) is 12.8 Å². The Labute approximate surface area is 167 Å². The van der Waals surface area contributed by atoms with Gasteiger partial charge in [-0.1, -0.05) is 30.3 Å². The van der Waals surface area contributed by atoms with Crippen LogP contribution in [0.3, 0.4) is 0 Å². The topological polar surface area (TPSA) is 89.4 Å². The number of phenols is 1. The van der Waals surface area contributed by atoms with Crippen molar-refractivity contribution in [3.8, 4) is 23.0 Å². The molecule has 0 saturated carbocycles. The lowest BCUT2D eigenvalue weighted by atomic mass is 10.1. The van der Waals surface area contributed by atoms with E-state index in [1.54, 1.807) is 18.2 Å². The van der Waals surface area contributed by atoms with Crippen LogP contribution in [0.1, 0.15) is 12.5 Å². The number of hydrazone groups is 1. The van der Waals surface area contributed by atoms with Gasteiger partial charge in [-0.2, -0.15) is 5.10 Å². The van der Waals surface area contributed by atoms with E-state index in [9.17, 15) is 9.90 Å². The Balaban J connectivity index is 1.43. The monoisotopic (exact) mass is 392 g/mol. The van der Waals surface area contributed by atoms with E-state index in [2.05, 4.69) is 10.5 Å². The zero-order valence-electron chi connectivity index (χ0n) is 15.8. The second-order valence-corrected chi connectivity index (χ2v) is 6.42. The molecule has 0 aliphatic carbocycles. The van der Waals surface area contributed by atoms with Crippen LogP contribution in [-0.2, 0) is 4.79 Å². The zero-order valence-corrected chi connectivity index (χ0v) is 15.8. The predicted octanol–water partition coefficient (Wildman–Crippen LogP) is 3.23. The first-order valence-corrected chi connectivity index (χ1v) is 9.25. The van der Waals surface area contributed by atoms with Gasteiger partial charge in [0.1, 0.15) is 6.61 Å². The van der Waals surface area contributed by atoms with Crippen LogP contribution >= 0.6 is 0 Å². The Morgan fingerprint density at radius 3 is 2.72 bits per heavy atom. The standard InChI is InChI=1S/C22H20N2O5/c1-2-27-17-9-5-8-16(21(17)25)12-23-24-22(26)20-13-28-18-10-14-6-3-4-7-15(14)11-19(18)29-20/h3-12,20,25H,2,13H2,1H3,(H,24,26)/b23-12-. The summed E-state index contributed by atoms with van der Waals surface area (Å²) >= 11 is 0. The van der Waals surface area contributed by atoms with Crippen LogP contribution in [-0.4, -0.2) is 36.5 Å². The fraction of sp³-hybridized carbons (Fsp3) is 0.182. The van der Waals surface area contributed by atoms with E-state index in [0.29, 0.717) is 29.4 Å². The number of carbonyl (C=O) groups excluding carboxylic acids is 1. The lowest BCUT2D eigenvalue weighted by Crippen LogP contribution is -2.42. The van der Waals surface area contributed by atoms with Crippen molar-refractivity contribution in [3.63, 3.8) is 0 Å². The van der Waals surface area contributed by atoms with Crippen LogP contribution in [0.25, 0.3) is 10.8 Å². The molecule has 3 aromatic rings. The maximum atomic E-state index is 12.4. The van der Waals surface area contributed by atoms with Gasteiger partial charge >= 0.3 is 0 Å². The van der Waals surface area contributed by atoms with Crippen molar-refractivity contribution < 1.29 is 24.1 Å². The van der Waals surface area contributed by atoms with E-state index in [4.69, 9.17) is 14.2 Å². The molecule has 1 atom stereocenters. The Morgan fingerprint density at radius 2 is 1.97 bits per heavy atom.